The number of rotatable bonds is 5. The summed E-state index contributed by atoms with van der Waals surface area (Å²) in [5.74, 6) is -1.03. The van der Waals surface area contributed by atoms with Crippen LogP contribution >= 0.6 is 23.2 Å². The van der Waals surface area contributed by atoms with Gasteiger partial charge in [0.05, 0.1) is 15.7 Å². The van der Waals surface area contributed by atoms with Crippen LogP contribution in [0.15, 0.2) is 36.4 Å². The van der Waals surface area contributed by atoms with Gasteiger partial charge in [0.1, 0.15) is 11.6 Å². The quantitative estimate of drug-likeness (QED) is 0.831. The first-order valence-corrected chi connectivity index (χ1v) is 7.55. The normalized spacial score (nSPS) is 10.2. The molecular weight excluding hydrogens is 358 g/mol. The van der Waals surface area contributed by atoms with Crippen molar-refractivity contribution in [1.82, 2.24) is 0 Å². The number of benzene rings is 2. The van der Waals surface area contributed by atoms with Crippen LogP contribution in [-0.4, -0.2) is 18.4 Å². The minimum atomic E-state index is -0.574. The Kier molecular flexibility index (Phi) is 6.00. The Morgan fingerprint density at radius 3 is 2.50 bits per heavy atom. The van der Waals surface area contributed by atoms with Gasteiger partial charge in [-0.3, -0.25) is 9.59 Å². The molecule has 2 N–H and O–H groups in total. The SMILES string of the molecule is CC(=O)Nc1ccc(Cl)c(NC(=O)COc2ccc(F)c(Cl)c2)c1. The van der Waals surface area contributed by atoms with Crippen LogP contribution in [0.4, 0.5) is 15.8 Å². The molecule has 2 aromatic rings. The Morgan fingerprint density at radius 2 is 1.83 bits per heavy atom. The molecule has 0 saturated heterocycles. The molecule has 0 bridgehead atoms. The zero-order valence-electron chi connectivity index (χ0n) is 12.5. The molecule has 5 nitrogen and oxygen atoms in total. The van der Waals surface area contributed by atoms with Gasteiger partial charge in [-0.15, -0.1) is 0 Å². The largest absolute Gasteiger partial charge is 0.484 e. The third kappa shape index (κ3) is 5.11. The van der Waals surface area contributed by atoms with Gasteiger partial charge in [0.15, 0.2) is 6.61 Å². The molecule has 2 rings (SSSR count). The van der Waals surface area contributed by atoms with E-state index in [0.717, 1.165) is 6.07 Å². The molecule has 126 valence electrons. The first-order chi connectivity index (χ1) is 11.3. The van der Waals surface area contributed by atoms with Crippen LogP contribution in [0.5, 0.6) is 5.75 Å². The Morgan fingerprint density at radius 1 is 1.08 bits per heavy atom. The highest BCUT2D eigenvalue weighted by atomic mass is 35.5. The summed E-state index contributed by atoms with van der Waals surface area (Å²) in [5.41, 5.74) is 0.821. The molecular formula is C16H13Cl2FN2O3. The van der Waals surface area contributed by atoms with Gasteiger partial charge in [0.2, 0.25) is 5.91 Å². The maximum Gasteiger partial charge on any atom is 0.262 e. The summed E-state index contributed by atoms with van der Waals surface area (Å²) >= 11 is 11.6. The molecule has 24 heavy (non-hydrogen) atoms. The summed E-state index contributed by atoms with van der Waals surface area (Å²) in [7, 11) is 0. The molecule has 0 aliphatic rings. The van der Waals surface area contributed by atoms with Gasteiger partial charge in [0, 0.05) is 18.7 Å². The first kappa shape index (κ1) is 18.0. The van der Waals surface area contributed by atoms with Crippen LogP contribution in [0.3, 0.4) is 0 Å². The second kappa shape index (κ2) is 7.99. The fraction of sp³-hybridized carbons (Fsp3) is 0.125. The lowest BCUT2D eigenvalue weighted by Crippen LogP contribution is -2.20. The number of carbonyl (C=O) groups excluding carboxylic acids is 2. The van der Waals surface area contributed by atoms with Gasteiger partial charge >= 0.3 is 0 Å². The molecule has 0 atom stereocenters. The molecule has 2 aromatic carbocycles. The summed E-state index contributed by atoms with van der Waals surface area (Å²) in [6.07, 6.45) is 0. The molecule has 0 spiro atoms. The molecule has 0 aliphatic heterocycles. The summed E-state index contributed by atoms with van der Waals surface area (Å²) in [5, 5.41) is 5.36. The van der Waals surface area contributed by atoms with Crippen molar-refractivity contribution in [2.24, 2.45) is 0 Å². The van der Waals surface area contributed by atoms with Crippen molar-refractivity contribution >= 4 is 46.4 Å². The van der Waals surface area contributed by atoms with Crippen molar-refractivity contribution in [3.8, 4) is 5.75 Å². The topological polar surface area (TPSA) is 67.4 Å². The van der Waals surface area contributed by atoms with Gasteiger partial charge in [0.25, 0.3) is 5.91 Å². The summed E-state index contributed by atoms with van der Waals surface area (Å²) in [4.78, 5) is 23.0. The van der Waals surface area contributed by atoms with Crippen LogP contribution in [0.2, 0.25) is 10.0 Å². The number of nitrogens with one attached hydrogen (secondary N) is 2. The molecule has 0 radical (unpaired) electrons. The van der Waals surface area contributed by atoms with Crippen molar-refractivity contribution < 1.29 is 18.7 Å². The molecule has 0 unspecified atom stereocenters. The predicted molar refractivity (Wildman–Crippen MR) is 91.3 cm³/mol. The highest BCUT2D eigenvalue weighted by molar-refractivity contribution is 6.34. The van der Waals surface area contributed by atoms with Gasteiger partial charge < -0.3 is 15.4 Å². The van der Waals surface area contributed by atoms with Crippen molar-refractivity contribution in [2.45, 2.75) is 6.92 Å². The Labute approximate surface area is 147 Å². The summed E-state index contributed by atoms with van der Waals surface area (Å²) in [6, 6.07) is 8.45. The number of anilines is 2. The average molecular weight is 371 g/mol. The van der Waals surface area contributed by atoms with Crippen molar-refractivity contribution in [2.75, 3.05) is 17.2 Å². The van der Waals surface area contributed by atoms with Gasteiger partial charge in [-0.1, -0.05) is 23.2 Å². The Hall–Kier alpha value is -2.31. The molecule has 2 amide bonds. The molecule has 0 heterocycles. The molecule has 8 heteroatoms. The van der Waals surface area contributed by atoms with Crippen molar-refractivity contribution in [3.05, 3.63) is 52.3 Å². The van der Waals surface area contributed by atoms with E-state index in [9.17, 15) is 14.0 Å². The number of carbonyl (C=O) groups is 2. The second-order valence-electron chi connectivity index (χ2n) is 4.79. The first-order valence-electron chi connectivity index (χ1n) is 6.80. The van der Waals surface area contributed by atoms with E-state index >= 15 is 0 Å². The monoisotopic (exact) mass is 370 g/mol. The minimum Gasteiger partial charge on any atom is -0.484 e. The lowest BCUT2D eigenvalue weighted by molar-refractivity contribution is -0.118. The third-order valence-electron chi connectivity index (χ3n) is 2.82. The van der Waals surface area contributed by atoms with Crippen LogP contribution in [0, 0.1) is 5.82 Å². The lowest BCUT2D eigenvalue weighted by Gasteiger charge is -2.11. The zero-order valence-corrected chi connectivity index (χ0v) is 14.0. The number of hydrogen-bond acceptors (Lipinski definition) is 3. The van der Waals surface area contributed by atoms with E-state index < -0.39 is 11.7 Å². The van der Waals surface area contributed by atoms with Crippen LogP contribution in [0.1, 0.15) is 6.92 Å². The zero-order chi connectivity index (χ0) is 17.7. The summed E-state index contributed by atoms with van der Waals surface area (Å²) < 4.78 is 18.3. The van der Waals surface area contributed by atoms with Gasteiger partial charge in [-0.25, -0.2) is 4.39 Å². The van der Waals surface area contributed by atoms with Crippen LogP contribution < -0.4 is 15.4 Å². The van der Waals surface area contributed by atoms with E-state index in [1.54, 1.807) is 12.1 Å². The number of ether oxygens (including phenoxy) is 1. The highest BCUT2D eigenvalue weighted by Crippen LogP contribution is 2.26. The van der Waals surface area contributed by atoms with Crippen LogP contribution in [0.25, 0.3) is 0 Å². The van der Waals surface area contributed by atoms with Crippen LogP contribution in [-0.2, 0) is 9.59 Å². The molecule has 0 saturated carbocycles. The third-order valence-corrected chi connectivity index (χ3v) is 3.44. The van der Waals surface area contributed by atoms with E-state index in [1.807, 2.05) is 0 Å². The van der Waals surface area contributed by atoms with E-state index in [2.05, 4.69) is 10.6 Å². The molecule has 0 aliphatic carbocycles. The smallest absolute Gasteiger partial charge is 0.262 e. The highest BCUT2D eigenvalue weighted by Gasteiger charge is 2.09. The standard InChI is InChI=1S/C16H13Cl2FN2O3/c1-9(22)20-10-2-4-12(17)15(6-10)21-16(23)8-24-11-3-5-14(19)13(18)7-11/h2-7H,8H2,1H3,(H,20,22)(H,21,23). The lowest BCUT2D eigenvalue weighted by atomic mass is 10.2. The van der Waals surface area contributed by atoms with E-state index in [1.165, 1.54) is 25.1 Å². The number of hydrogen-bond donors (Lipinski definition) is 2. The van der Waals surface area contributed by atoms with Gasteiger partial charge in [-0.05, 0) is 30.3 Å². The van der Waals surface area contributed by atoms with E-state index in [0.29, 0.717) is 16.4 Å². The Bertz CT molecular complexity index is 784. The maximum absolute atomic E-state index is 13.0. The average Bonchev–Trinajstić information content (AvgIpc) is 2.51. The fourth-order valence-electron chi connectivity index (χ4n) is 1.80. The van der Waals surface area contributed by atoms with Gasteiger partial charge in [-0.2, -0.15) is 0 Å². The maximum atomic E-state index is 13.0. The predicted octanol–water partition coefficient (Wildman–Crippen LogP) is 4.11. The van der Waals surface area contributed by atoms with E-state index in [4.69, 9.17) is 27.9 Å². The van der Waals surface area contributed by atoms with E-state index in [-0.39, 0.29) is 23.3 Å². The summed E-state index contributed by atoms with van der Waals surface area (Å²) in [6.45, 7) is 1.05. The number of halogens is 3. The van der Waals surface area contributed by atoms with Crippen molar-refractivity contribution in [3.63, 3.8) is 0 Å². The fourth-order valence-corrected chi connectivity index (χ4v) is 2.14. The molecule has 0 fully saturated rings. The van der Waals surface area contributed by atoms with Crippen molar-refractivity contribution in [1.29, 1.82) is 0 Å². The number of amides is 2. The second-order valence-corrected chi connectivity index (χ2v) is 5.60. The molecule has 0 aromatic heterocycles. The Balaban J connectivity index is 1.98. The minimum absolute atomic E-state index is 0.0982.